The van der Waals surface area contributed by atoms with Gasteiger partial charge in [0.25, 0.3) is 5.89 Å². The van der Waals surface area contributed by atoms with Gasteiger partial charge < -0.3 is 14.4 Å². The lowest BCUT2D eigenvalue weighted by molar-refractivity contribution is -0.140. The largest absolute Gasteiger partial charge is 0.490 e. The summed E-state index contributed by atoms with van der Waals surface area (Å²) in [7, 11) is 0. The van der Waals surface area contributed by atoms with Crippen LogP contribution >= 0.6 is 0 Å². The van der Waals surface area contributed by atoms with Gasteiger partial charge in [-0.1, -0.05) is 23.4 Å². The predicted molar refractivity (Wildman–Crippen MR) is 124 cm³/mol. The van der Waals surface area contributed by atoms with Crippen LogP contribution in [0.15, 0.2) is 40.9 Å². The van der Waals surface area contributed by atoms with E-state index in [9.17, 15) is 20.0 Å². The van der Waals surface area contributed by atoms with Crippen LogP contribution in [-0.2, 0) is 21.4 Å². The van der Waals surface area contributed by atoms with Crippen LogP contribution in [0.3, 0.4) is 0 Å². The Morgan fingerprint density at radius 3 is 2.86 bits per heavy atom. The summed E-state index contributed by atoms with van der Waals surface area (Å²) in [6, 6.07) is 12.8. The summed E-state index contributed by atoms with van der Waals surface area (Å²) in [5.41, 5.74) is 2.54. The molecule has 1 atom stereocenters. The Morgan fingerprint density at radius 2 is 2.11 bits per heavy atom. The number of fused-ring (bicyclic) bond motifs is 2. The fourth-order valence-electron chi connectivity index (χ4n) is 5.08. The Hall–Kier alpha value is -4.03. The van der Waals surface area contributed by atoms with Crippen molar-refractivity contribution in [2.24, 2.45) is 0 Å². The fourth-order valence-corrected chi connectivity index (χ4v) is 5.08. The number of nitrogens with zero attached hydrogens (tertiary/aromatic N) is 4. The van der Waals surface area contributed by atoms with Crippen molar-refractivity contribution >= 4 is 11.8 Å². The van der Waals surface area contributed by atoms with Crippen LogP contribution < -0.4 is 4.74 Å². The summed E-state index contributed by atoms with van der Waals surface area (Å²) < 4.78 is 11.2. The number of aromatic nitrogens is 2. The maximum absolute atomic E-state index is 13.2. The molecule has 2 heterocycles. The molecule has 2 amide bonds. The number of carbonyl (C=O) groups is 2. The molecule has 35 heavy (non-hydrogen) atoms. The molecule has 5 rings (SSSR count). The van der Waals surface area contributed by atoms with Crippen molar-refractivity contribution in [2.75, 3.05) is 13.2 Å². The highest BCUT2D eigenvalue weighted by Gasteiger charge is 2.55. The van der Waals surface area contributed by atoms with Crippen molar-refractivity contribution in [1.29, 1.82) is 5.26 Å². The van der Waals surface area contributed by atoms with Crippen molar-refractivity contribution in [3.8, 4) is 34.7 Å². The quantitative estimate of drug-likeness (QED) is 0.542. The van der Waals surface area contributed by atoms with E-state index in [-0.39, 0.29) is 43.4 Å². The number of nitriles is 1. The van der Waals surface area contributed by atoms with E-state index < -0.39 is 5.41 Å². The predicted octanol–water partition coefficient (Wildman–Crippen LogP) is 3.00. The maximum Gasteiger partial charge on any atom is 0.258 e. The fraction of sp³-hybridized carbons (Fsp3) is 0.346. The lowest BCUT2D eigenvalue weighted by Gasteiger charge is -2.22. The second-order valence-corrected chi connectivity index (χ2v) is 9.08. The van der Waals surface area contributed by atoms with Gasteiger partial charge in [-0.2, -0.15) is 10.2 Å². The van der Waals surface area contributed by atoms with Crippen molar-refractivity contribution in [3.63, 3.8) is 0 Å². The normalized spacial score (nSPS) is 19.0. The number of likely N-dealkylation sites (tertiary alicyclic amines) is 1. The smallest absolute Gasteiger partial charge is 0.258 e. The number of amides is 2. The van der Waals surface area contributed by atoms with Gasteiger partial charge in [0.15, 0.2) is 0 Å². The van der Waals surface area contributed by atoms with Crippen LogP contribution in [0.1, 0.15) is 43.4 Å². The highest BCUT2D eigenvalue weighted by Crippen LogP contribution is 2.49. The molecule has 1 spiro atoms. The summed E-state index contributed by atoms with van der Waals surface area (Å²) in [6.45, 7) is 3.53. The molecule has 2 aliphatic rings. The van der Waals surface area contributed by atoms with E-state index in [2.05, 4.69) is 16.2 Å². The number of hydrogen-bond donors (Lipinski definition) is 1. The zero-order valence-corrected chi connectivity index (χ0v) is 19.4. The molecule has 0 unspecified atom stereocenters. The summed E-state index contributed by atoms with van der Waals surface area (Å²) in [5.74, 6) is 0.609. The first kappa shape index (κ1) is 22.7. The molecule has 1 aliphatic carbocycles. The van der Waals surface area contributed by atoms with Gasteiger partial charge in [-0.3, -0.25) is 14.5 Å². The summed E-state index contributed by atoms with van der Waals surface area (Å²) in [5, 5.41) is 23.0. The lowest BCUT2D eigenvalue weighted by atomic mass is 9.80. The topological polar surface area (TPSA) is 130 Å². The minimum absolute atomic E-state index is 0.00826. The van der Waals surface area contributed by atoms with Gasteiger partial charge in [-0.05, 0) is 56.0 Å². The first-order valence-corrected chi connectivity index (χ1v) is 11.5. The van der Waals surface area contributed by atoms with Gasteiger partial charge in [0.1, 0.15) is 11.8 Å². The van der Waals surface area contributed by atoms with Crippen LogP contribution in [0, 0.1) is 11.3 Å². The van der Waals surface area contributed by atoms with E-state index in [0.29, 0.717) is 35.5 Å². The second kappa shape index (κ2) is 8.64. The summed E-state index contributed by atoms with van der Waals surface area (Å²) >= 11 is 0. The monoisotopic (exact) mass is 472 g/mol. The van der Waals surface area contributed by atoms with Crippen LogP contribution in [0.4, 0.5) is 0 Å². The third-order valence-electron chi connectivity index (χ3n) is 6.60. The standard InChI is InChI=1S/C26H24N4O5/c1-15(2)34-21-7-6-16(12-17(21)14-27)24-28-23(29-35-24)19-4-3-5-20-18(19)8-9-26(20)13-22(32)30(10-11-31)25(26)33/h3-7,12,15,31H,8-11,13H2,1-2H3/t26-/m1/s1. The average Bonchev–Trinajstić information content (AvgIpc) is 3.53. The molecule has 3 aromatic rings. The molecule has 9 heteroatoms. The summed E-state index contributed by atoms with van der Waals surface area (Å²) in [4.78, 5) is 31.4. The number of rotatable bonds is 6. The number of hydrogen-bond acceptors (Lipinski definition) is 8. The Morgan fingerprint density at radius 1 is 1.29 bits per heavy atom. The maximum atomic E-state index is 13.2. The number of aliphatic hydroxyl groups is 1. The minimum atomic E-state index is -0.905. The van der Waals surface area contributed by atoms with Gasteiger partial charge in [-0.15, -0.1) is 0 Å². The molecule has 2 aromatic carbocycles. The van der Waals surface area contributed by atoms with Crippen molar-refractivity contribution in [3.05, 3.63) is 53.1 Å². The molecular weight excluding hydrogens is 448 g/mol. The molecule has 1 aliphatic heterocycles. The van der Waals surface area contributed by atoms with E-state index in [4.69, 9.17) is 9.26 Å². The van der Waals surface area contributed by atoms with E-state index >= 15 is 0 Å². The number of imide groups is 1. The van der Waals surface area contributed by atoms with Crippen molar-refractivity contribution in [2.45, 2.75) is 44.6 Å². The van der Waals surface area contributed by atoms with Crippen LogP contribution in [0.5, 0.6) is 5.75 Å². The zero-order valence-electron chi connectivity index (χ0n) is 19.4. The second-order valence-electron chi connectivity index (χ2n) is 9.08. The van der Waals surface area contributed by atoms with Gasteiger partial charge >= 0.3 is 0 Å². The van der Waals surface area contributed by atoms with Gasteiger partial charge in [0, 0.05) is 17.5 Å². The first-order chi connectivity index (χ1) is 16.9. The van der Waals surface area contributed by atoms with E-state index in [0.717, 1.165) is 21.6 Å². The van der Waals surface area contributed by atoms with Gasteiger partial charge in [0.05, 0.1) is 30.2 Å². The lowest BCUT2D eigenvalue weighted by Crippen LogP contribution is -2.38. The highest BCUT2D eigenvalue weighted by molar-refractivity contribution is 6.09. The van der Waals surface area contributed by atoms with Crippen LogP contribution in [0.25, 0.3) is 22.8 Å². The number of benzene rings is 2. The third-order valence-corrected chi connectivity index (χ3v) is 6.60. The first-order valence-electron chi connectivity index (χ1n) is 11.5. The molecule has 1 fully saturated rings. The molecule has 1 aromatic heterocycles. The van der Waals surface area contributed by atoms with Crippen molar-refractivity contribution < 1.29 is 24.0 Å². The zero-order chi connectivity index (χ0) is 24.7. The Bertz CT molecular complexity index is 1370. The van der Waals surface area contributed by atoms with Gasteiger partial charge in [0.2, 0.25) is 17.6 Å². The third kappa shape index (κ3) is 3.67. The Balaban J connectivity index is 1.49. The average molecular weight is 473 g/mol. The van der Waals surface area contributed by atoms with E-state index in [1.54, 1.807) is 18.2 Å². The van der Waals surface area contributed by atoms with E-state index in [1.165, 1.54) is 0 Å². The Kier molecular flexibility index (Phi) is 5.61. The molecule has 0 radical (unpaired) electrons. The van der Waals surface area contributed by atoms with E-state index in [1.807, 2.05) is 32.0 Å². The number of β-amino-alcohol motifs (C(OH)–C–C–N with tert-alkyl or cyclic N) is 1. The Labute approximate surface area is 201 Å². The molecule has 1 saturated heterocycles. The SMILES string of the molecule is CC(C)Oc1ccc(-c2nc(-c3cccc4c3CC[C@@]43CC(=O)N(CCO)C3=O)no2)cc1C#N. The summed E-state index contributed by atoms with van der Waals surface area (Å²) in [6.07, 6.45) is 1.14. The van der Waals surface area contributed by atoms with Crippen molar-refractivity contribution in [1.82, 2.24) is 15.0 Å². The van der Waals surface area contributed by atoms with Crippen LogP contribution in [0.2, 0.25) is 0 Å². The van der Waals surface area contributed by atoms with Gasteiger partial charge in [-0.25, -0.2) is 0 Å². The number of carbonyl (C=O) groups excluding carboxylic acids is 2. The molecule has 0 bridgehead atoms. The molecule has 0 saturated carbocycles. The highest BCUT2D eigenvalue weighted by atomic mass is 16.5. The van der Waals surface area contributed by atoms with Crippen LogP contribution in [-0.4, -0.2) is 51.2 Å². The molecule has 178 valence electrons. The molecular formula is C26H24N4O5. The number of ether oxygens (including phenoxy) is 1. The molecule has 1 N–H and O–H groups in total. The molecule has 9 nitrogen and oxygen atoms in total. The number of aliphatic hydroxyl groups excluding tert-OH is 1. The minimum Gasteiger partial charge on any atom is -0.490 e.